The van der Waals surface area contributed by atoms with Gasteiger partial charge in [0, 0.05) is 31.2 Å². The standard InChI is InChI=1S/C15H28N4O2/c1-11-13(8-16-15(2,3)4)14(18(5)17-11)19-6-7-21-10-12(19)9-20/h12,16,20H,6-10H2,1-5H3. The van der Waals surface area contributed by atoms with Crippen LogP contribution in [0.15, 0.2) is 0 Å². The van der Waals surface area contributed by atoms with Crippen molar-refractivity contribution in [3.05, 3.63) is 11.3 Å². The van der Waals surface area contributed by atoms with Crippen LogP contribution in [0.2, 0.25) is 0 Å². The van der Waals surface area contributed by atoms with Gasteiger partial charge in [0.2, 0.25) is 0 Å². The third-order valence-electron chi connectivity index (χ3n) is 3.82. The molecule has 2 heterocycles. The number of rotatable bonds is 4. The molecule has 6 nitrogen and oxygen atoms in total. The number of aliphatic hydroxyl groups is 1. The van der Waals surface area contributed by atoms with Crippen LogP contribution in [0.5, 0.6) is 0 Å². The fraction of sp³-hybridized carbons (Fsp3) is 0.800. The summed E-state index contributed by atoms with van der Waals surface area (Å²) in [6.45, 7) is 11.4. The Hall–Kier alpha value is -1.11. The number of hydrogen-bond acceptors (Lipinski definition) is 5. The van der Waals surface area contributed by atoms with E-state index >= 15 is 0 Å². The van der Waals surface area contributed by atoms with Crippen LogP contribution in [0, 0.1) is 6.92 Å². The Kier molecular flexibility index (Phi) is 4.91. The maximum absolute atomic E-state index is 9.60. The summed E-state index contributed by atoms with van der Waals surface area (Å²) in [5.41, 5.74) is 2.29. The molecule has 1 fully saturated rings. The Morgan fingerprint density at radius 3 is 2.76 bits per heavy atom. The van der Waals surface area contributed by atoms with Crippen molar-refractivity contribution in [1.82, 2.24) is 15.1 Å². The first kappa shape index (κ1) is 16.3. The van der Waals surface area contributed by atoms with Gasteiger partial charge in [0.15, 0.2) is 0 Å². The highest BCUT2D eigenvalue weighted by molar-refractivity contribution is 5.51. The van der Waals surface area contributed by atoms with E-state index < -0.39 is 0 Å². The Balaban J connectivity index is 2.29. The first-order valence-electron chi connectivity index (χ1n) is 7.56. The van der Waals surface area contributed by atoms with E-state index in [0.717, 1.165) is 24.6 Å². The Morgan fingerprint density at radius 2 is 2.14 bits per heavy atom. The molecule has 120 valence electrons. The van der Waals surface area contributed by atoms with Crippen LogP contribution >= 0.6 is 0 Å². The SMILES string of the molecule is Cc1nn(C)c(N2CCOCC2CO)c1CNC(C)(C)C. The summed E-state index contributed by atoms with van der Waals surface area (Å²) in [7, 11) is 1.97. The van der Waals surface area contributed by atoms with Gasteiger partial charge in [-0.15, -0.1) is 0 Å². The largest absolute Gasteiger partial charge is 0.394 e. The zero-order valence-electron chi connectivity index (χ0n) is 13.8. The molecule has 1 aromatic rings. The summed E-state index contributed by atoms with van der Waals surface area (Å²) >= 11 is 0. The van der Waals surface area contributed by atoms with Crippen molar-refractivity contribution in [2.75, 3.05) is 31.3 Å². The summed E-state index contributed by atoms with van der Waals surface area (Å²) in [4.78, 5) is 2.23. The second-order valence-electron chi connectivity index (χ2n) is 6.72. The summed E-state index contributed by atoms with van der Waals surface area (Å²) < 4.78 is 7.40. The number of aryl methyl sites for hydroxylation is 2. The lowest BCUT2D eigenvalue weighted by molar-refractivity contribution is 0.0718. The van der Waals surface area contributed by atoms with Crippen LogP contribution in [0.1, 0.15) is 32.0 Å². The van der Waals surface area contributed by atoms with Crippen molar-refractivity contribution in [1.29, 1.82) is 0 Å². The lowest BCUT2D eigenvalue weighted by Gasteiger charge is -2.37. The molecule has 0 radical (unpaired) electrons. The summed E-state index contributed by atoms with van der Waals surface area (Å²) in [6.07, 6.45) is 0. The summed E-state index contributed by atoms with van der Waals surface area (Å²) in [6, 6.07) is 0.00179. The molecular weight excluding hydrogens is 268 g/mol. The zero-order valence-corrected chi connectivity index (χ0v) is 13.8. The third kappa shape index (κ3) is 3.75. The van der Waals surface area contributed by atoms with Crippen molar-refractivity contribution in [2.45, 2.75) is 45.8 Å². The van der Waals surface area contributed by atoms with Crippen LogP contribution in [-0.2, 0) is 18.3 Å². The molecule has 2 rings (SSSR count). The molecule has 0 spiro atoms. The normalized spacial score (nSPS) is 20.1. The van der Waals surface area contributed by atoms with Gasteiger partial charge >= 0.3 is 0 Å². The second kappa shape index (κ2) is 6.34. The van der Waals surface area contributed by atoms with E-state index in [1.165, 1.54) is 5.56 Å². The molecule has 2 N–H and O–H groups in total. The minimum Gasteiger partial charge on any atom is -0.394 e. The van der Waals surface area contributed by atoms with Gasteiger partial charge in [-0.05, 0) is 27.7 Å². The van der Waals surface area contributed by atoms with Crippen LogP contribution in [0.25, 0.3) is 0 Å². The molecule has 6 heteroatoms. The third-order valence-corrected chi connectivity index (χ3v) is 3.82. The van der Waals surface area contributed by atoms with E-state index in [-0.39, 0.29) is 18.2 Å². The molecule has 1 atom stereocenters. The predicted octanol–water partition coefficient (Wildman–Crippen LogP) is 0.814. The average Bonchev–Trinajstić information content (AvgIpc) is 2.69. The Bertz CT molecular complexity index is 479. The van der Waals surface area contributed by atoms with Gasteiger partial charge in [-0.1, -0.05) is 0 Å². The van der Waals surface area contributed by atoms with Gasteiger partial charge in [-0.2, -0.15) is 5.10 Å². The molecule has 1 aromatic heterocycles. The molecule has 0 saturated carbocycles. The molecule has 1 saturated heterocycles. The Labute approximate surface area is 127 Å². The fourth-order valence-corrected chi connectivity index (χ4v) is 2.69. The van der Waals surface area contributed by atoms with Crippen molar-refractivity contribution in [2.24, 2.45) is 7.05 Å². The summed E-state index contributed by atoms with van der Waals surface area (Å²) in [5.74, 6) is 1.09. The van der Waals surface area contributed by atoms with Gasteiger partial charge in [-0.25, -0.2) is 0 Å². The molecule has 21 heavy (non-hydrogen) atoms. The van der Waals surface area contributed by atoms with Crippen molar-refractivity contribution in [3.8, 4) is 0 Å². The first-order chi connectivity index (χ1) is 9.83. The van der Waals surface area contributed by atoms with Crippen LogP contribution in [-0.4, -0.2) is 52.8 Å². The van der Waals surface area contributed by atoms with E-state index in [2.05, 4.69) is 36.1 Å². The lowest BCUT2D eigenvalue weighted by Crippen LogP contribution is -2.49. The molecular formula is C15H28N4O2. The highest BCUT2D eigenvalue weighted by atomic mass is 16.5. The van der Waals surface area contributed by atoms with E-state index in [4.69, 9.17) is 4.74 Å². The molecule has 0 aromatic carbocycles. The number of ether oxygens (including phenoxy) is 1. The molecule has 1 aliphatic rings. The average molecular weight is 296 g/mol. The molecule has 1 aliphatic heterocycles. The monoisotopic (exact) mass is 296 g/mol. The number of hydrogen-bond donors (Lipinski definition) is 2. The van der Waals surface area contributed by atoms with Crippen LogP contribution in [0.4, 0.5) is 5.82 Å². The fourth-order valence-electron chi connectivity index (χ4n) is 2.69. The minimum absolute atomic E-state index is 0.00179. The smallest absolute Gasteiger partial charge is 0.131 e. The van der Waals surface area contributed by atoms with E-state index in [1.54, 1.807) is 0 Å². The topological polar surface area (TPSA) is 62.6 Å². The predicted molar refractivity (Wildman–Crippen MR) is 83.6 cm³/mol. The quantitative estimate of drug-likeness (QED) is 0.861. The van der Waals surface area contributed by atoms with Crippen LogP contribution in [0.3, 0.4) is 0 Å². The second-order valence-corrected chi connectivity index (χ2v) is 6.72. The minimum atomic E-state index is 0.00179. The van der Waals surface area contributed by atoms with Crippen molar-refractivity contribution in [3.63, 3.8) is 0 Å². The number of morpholine rings is 1. The van der Waals surface area contributed by atoms with Crippen molar-refractivity contribution >= 4 is 5.82 Å². The Morgan fingerprint density at radius 1 is 1.43 bits per heavy atom. The van der Waals surface area contributed by atoms with Gasteiger partial charge in [0.25, 0.3) is 0 Å². The van der Waals surface area contributed by atoms with Crippen LogP contribution < -0.4 is 10.2 Å². The van der Waals surface area contributed by atoms with E-state index in [9.17, 15) is 5.11 Å². The van der Waals surface area contributed by atoms with E-state index in [0.29, 0.717) is 13.2 Å². The van der Waals surface area contributed by atoms with E-state index in [1.807, 2.05) is 18.7 Å². The zero-order chi connectivity index (χ0) is 15.6. The van der Waals surface area contributed by atoms with Crippen molar-refractivity contribution < 1.29 is 9.84 Å². The van der Waals surface area contributed by atoms with Gasteiger partial charge in [0.05, 0.1) is 31.6 Å². The number of aromatic nitrogens is 2. The lowest BCUT2D eigenvalue weighted by atomic mass is 10.1. The highest BCUT2D eigenvalue weighted by Crippen LogP contribution is 2.27. The maximum Gasteiger partial charge on any atom is 0.131 e. The summed E-state index contributed by atoms with van der Waals surface area (Å²) in [5, 5.41) is 17.7. The number of nitrogens with one attached hydrogen (secondary N) is 1. The molecule has 1 unspecified atom stereocenters. The van der Waals surface area contributed by atoms with Gasteiger partial charge in [-0.3, -0.25) is 4.68 Å². The van der Waals surface area contributed by atoms with Gasteiger partial charge < -0.3 is 20.1 Å². The van der Waals surface area contributed by atoms with Gasteiger partial charge in [0.1, 0.15) is 5.82 Å². The maximum atomic E-state index is 9.60. The first-order valence-corrected chi connectivity index (χ1v) is 7.56. The number of nitrogens with zero attached hydrogens (tertiary/aromatic N) is 3. The molecule has 0 bridgehead atoms. The number of anilines is 1. The molecule has 0 amide bonds. The number of aliphatic hydroxyl groups excluding tert-OH is 1. The highest BCUT2D eigenvalue weighted by Gasteiger charge is 2.28. The molecule has 0 aliphatic carbocycles.